The van der Waals surface area contributed by atoms with Crippen LogP contribution in [0.15, 0.2) is 29.6 Å². The van der Waals surface area contributed by atoms with Gasteiger partial charge in [0.05, 0.1) is 18.9 Å². The summed E-state index contributed by atoms with van der Waals surface area (Å²) in [6.07, 6.45) is 2.99. The fourth-order valence-electron chi connectivity index (χ4n) is 2.38. The molecule has 8 nitrogen and oxygen atoms in total. The lowest BCUT2D eigenvalue weighted by atomic mass is 10.0. The molecule has 1 N–H and O–H groups in total. The second kappa shape index (κ2) is 9.33. The first-order valence-corrected chi connectivity index (χ1v) is 8.26. The Morgan fingerprint density at radius 2 is 2.16 bits per heavy atom. The molecule has 0 aliphatic carbocycles. The van der Waals surface area contributed by atoms with Gasteiger partial charge in [-0.2, -0.15) is 0 Å². The summed E-state index contributed by atoms with van der Waals surface area (Å²) >= 11 is 0. The predicted octanol–water partition coefficient (Wildman–Crippen LogP) is 3.02. The second-order valence-corrected chi connectivity index (χ2v) is 5.94. The molecular formula is C17H24N2O6. The molecule has 1 aromatic heterocycles. The van der Waals surface area contributed by atoms with Crippen LogP contribution in [-0.4, -0.2) is 47.8 Å². The van der Waals surface area contributed by atoms with Crippen LogP contribution in [0.2, 0.25) is 0 Å². The van der Waals surface area contributed by atoms with E-state index in [9.17, 15) is 4.79 Å². The van der Waals surface area contributed by atoms with Crippen molar-refractivity contribution >= 4 is 11.9 Å². The highest BCUT2D eigenvalue weighted by molar-refractivity contribution is 5.96. The third-order valence-electron chi connectivity index (χ3n) is 3.77. The number of nitrogens with zero attached hydrogens (tertiary/aromatic N) is 2. The van der Waals surface area contributed by atoms with Gasteiger partial charge in [-0.1, -0.05) is 11.2 Å². The Balaban J connectivity index is 1.58. The molecule has 0 atom stereocenters. The maximum absolute atomic E-state index is 10.6. The summed E-state index contributed by atoms with van der Waals surface area (Å²) in [6.45, 7) is 4.64. The van der Waals surface area contributed by atoms with Crippen molar-refractivity contribution in [3.63, 3.8) is 0 Å². The molecule has 0 radical (unpaired) electrons. The zero-order valence-electron chi connectivity index (χ0n) is 14.5. The molecule has 0 aromatic carbocycles. The highest BCUT2D eigenvalue weighted by atomic mass is 16.9. The molecule has 2 heterocycles. The first-order chi connectivity index (χ1) is 12.0. The zero-order valence-corrected chi connectivity index (χ0v) is 14.5. The average Bonchev–Trinajstić information content (AvgIpc) is 2.59. The molecular weight excluding hydrogens is 328 g/mol. The maximum atomic E-state index is 10.6. The van der Waals surface area contributed by atoms with E-state index >= 15 is 0 Å². The van der Waals surface area contributed by atoms with Gasteiger partial charge >= 0.3 is 12.1 Å². The van der Waals surface area contributed by atoms with Gasteiger partial charge in [-0.3, -0.25) is 4.98 Å². The molecule has 1 aliphatic heterocycles. The molecule has 0 bridgehead atoms. The van der Waals surface area contributed by atoms with Gasteiger partial charge in [-0.25, -0.2) is 4.79 Å². The summed E-state index contributed by atoms with van der Waals surface area (Å²) in [5, 5.41) is 12.7. The van der Waals surface area contributed by atoms with E-state index in [2.05, 4.69) is 14.9 Å². The molecule has 2 rings (SSSR count). The zero-order chi connectivity index (χ0) is 18.1. The van der Waals surface area contributed by atoms with Crippen LogP contribution >= 0.6 is 0 Å². The minimum absolute atomic E-state index is 0.212. The van der Waals surface area contributed by atoms with E-state index in [1.807, 2.05) is 25.1 Å². The SMILES string of the molecule is CC(=NOCCCCC1COC(C)(OC(=O)O)OC1)c1ccccn1. The van der Waals surface area contributed by atoms with Crippen LogP contribution in [-0.2, 0) is 19.0 Å². The molecule has 0 saturated carbocycles. The summed E-state index contributed by atoms with van der Waals surface area (Å²) in [5.41, 5.74) is 1.54. The standard InChI is InChI=1S/C17H24N2O6/c1-13(15-8-3-5-9-18-15)19-24-10-6-4-7-14-11-22-17(2,23-12-14)25-16(20)21/h3,5,8-9,14H,4,6-7,10-12H2,1-2H3,(H,20,21). The number of carboxylic acid groups (broad SMARTS) is 1. The lowest BCUT2D eigenvalue weighted by Crippen LogP contribution is -2.45. The Morgan fingerprint density at radius 1 is 1.40 bits per heavy atom. The van der Waals surface area contributed by atoms with E-state index in [4.69, 9.17) is 19.4 Å². The average molecular weight is 352 g/mol. The van der Waals surface area contributed by atoms with Crippen molar-refractivity contribution in [3.05, 3.63) is 30.1 Å². The van der Waals surface area contributed by atoms with E-state index in [-0.39, 0.29) is 5.92 Å². The van der Waals surface area contributed by atoms with E-state index < -0.39 is 12.1 Å². The third kappa shape index (κ3) is 6.67. The Bertz CT molecular complexity index is 570. The Hall–Kier alpha value is -2.19. The van der Waals surface area contributed by atoms with Gasteiger partial charge in [0.15, 0.2) is 0 Å². The minimum atomic E-state index is -1.50. The molecule has 1 fully saturated rings. The molecule has 138 valence electrons. The van der Waals surface area contributed by atoms with Crippen LogP contribution in [0.5, 0.6) is 0 Å². The third-order valence-corrected chi connectivity index (χ3v) is 3.77. The van der Waals surface area contributed by atoms with E-state index in [0.717, 1.165) is 30.7 Å². The van der Waals surface area contributed by atoms with Gasteiger partial charge in [0.1, 0.15) is 12.3 Å². The lowest BCUT2D eigenvalue weighted by molar-refractivity contribution is -0.379. The quantitative estimate of drug-likeness (QED) is 0.332. The van der Waals surface area contributed by atoms with Crippen LogP contribution in [0.3, 0.4) is 0 Å². The summed E-state index contributed by atoms with van der Waals surface area (Å²) in [5.74, 6) is -1.28. The molecule has 1 saturated heterocycles. The predicted molar refractivity (Wildman–Crippen MR) is 89.2 cm³/mol. The number of hydrogen-bond acceptors (Lipinski definition) is 7. The van der Waals surface area contributed by atoms with Crippen LogP contribution in [0.4, 0.5) is 4.79 Å². The highest BCUT2D eigenvalue weighted by Crippen LogP contribution is 2.25. The topological polar surface area (TPSA) is 99.5 Å². The fourth-order valence-corrected chi connectivity index (χ4v) is 2.38. The van der Waals surface area contributed by atoms with Gasteiger partial charge in [0.25, 0.3) is 0 Å². The van der Waals surface area contributed by atoms with Crippen molar-refractivity contribution in [1.29, 1.82) is 0 Å². The van der Waals surface area contributed by atoms with Gasteiger partial charge in [0, 0.05) is 19.0 Å². The number of ether oxygens (including phenoxy) is 3. The smallest absolute Gasteiger partial charge is 0.450 e. The van der Waals surface area contributed by atoms with E-state index in [0.29, 0.717) is 19.8 Å². The summed E-state index contributed by atoms with van der Waals surface area (Å²) in [7, 11) is 0. The van der Waals surface area contributed by atoms with Crippen molar-refractivity contribution in [2.24, 2.45) is 11.1 Å². The van der Waals surface area contributed by atoms with Crippen molar-refractivity contribution in [2.45, 2.75) is 39.1 Å². The van der Waals surface area contributed by atoms with Crippen molar-refractivity contribution in [1.82, 2.24) is 4.98 Å². The molecule has 25 heavy (non-hydrogen) atoms. The monoisotopic (exact) mass is 352 g/mol. The normalized spacial score (nSPS) is 23.9. The van der Waals surface area contributed by atoms with Crippen LogP contribution < -0.4 is 0 Å². The minimum Gasteiger partial charge on any atom is -0.450 e. The van der Waals surface area contributed by atoms with Crippen LogP contribution in [0.1, 0.15) is 38.8 Å². The second-order valence-electron chi connectivity index (χ2n) is 5.94. The van der Waals surface area contributed by atoms with Crippen LogP contribution in [0, 0.1) is 5.92 Å². The van der Waals surface area contributed by atoms with Crippen molar-refractivity contribution in [2.75, 3.05) is 19.8 Å². The number of rotatable bonds is 8. The molecule has 0 unspecified atom stereocenters. The maximum Gasteiger partial charge on any atom is 0.510 e. The largest absolute Gasteiger partial charge is 0.510 e. The molecule has 0 spiro atoms. The lowest BCUT2D eigenvalue weighted by Gasteiger charge is -2.35. The molecule has 1 aliphatic rings. The molecule has 8 heteroatoms. The van der Waals surface area contributed by atoms with E-state index in [1.54, 1.807) is 6.20 Å². The number of pyridine rings is 1. The number of unbranched alkanes of at least 4 members (excludes halogenated alkanes) is 1. The first-order valence-electron chi connectivity index (χ1n) is 8.26. The summed E-state index contributed by atoms with van der Waals surface area (Å²) in [6, 6.07) is 5.64. The Labute approximate surface area is 146 Å². The van der Waals surface area contributed by atoms with Crippen molar-refractivity contribution in [3.8, 4) is 0 Å². The van der Waals surface area contributed by atoms with Gasteiger partial charge in [-0.15, -0.1) is 0 Å². The van der Waals surface area contributed by atoms with Crippen molar-refractivity contribution < 1.29 is 28.9 Å². The first kappa shape index (κ1) is 19.1. The number of carbonyl (C=O) groups is 1. The van der Waals surface area contributed by atoms with E-state index in [1.165, 1.54) is 6.92 Å². The highest BCUT2D eigenvalue weighted by Gasteiger charge is 2.36. The summed E-state index contributed by atoms with van der Waals surface area (Å²) < 4.78 is 15.3. The number of oxime groups is 1. The van der Waals surface area contributed by atoms with Crippen LogP contribution in [0.25, 0.3) is 0 Å². The van der Waals surface area contributed by atoms with Gasteiger partial charge in [0.2, 0.25) is 0 Å². The number of hydrogen-bond donors (Lipinski definition) is 1. The Kier molecular flexibility index (Phi) is 7.15. The van der Waals surface area contributed by atoms with Gasteiger partial charge < -0.3 is 24.2 Å². The molecule has 0 amide bonds. The molecule has 1 aromatic rings. The summed E-state index contributed by atoms with van der Waals surface area (Å²) in [4.78, 5) is 20.1. The Morgan fingerprint density at radius 3 is 2.80 bits per heavy atom. The fraction of sp³-hybridized carbons (Fsp3) is 0.588. The number of aromatic nitrogens is 1. The van der Waals surface area contributed by atoms with Gasteiger partial charge in [-0.05, 0) is 38.3 Å².